The van der Waals surface area contributed by atoms with E-state index in [1.54, 1.807) is 31.0 Å². The van der Waals surface area contributed by atoms with E-state index in [0.29, 0.717) is 47.7 Å². The number of pyridine rings is 2. The molecule has 40 heavy (non-hydrogen) atoms. The fraction of sp³-hybridized carbons (Fsp3) is 0.419. The number of ether oxygens (including phenoxy) is 2. The molecule has 212 valence electrons. The molecule has 1 amide bonds. The molecular formula is C31H39N5O4. The van der Waals surface area contributed by atoms with Gasteiger partial charge in [-0.15, -0.1) is 0 Å². The van der Waals surface area contributed by atoms with Crippen molar-refractivity contribution in [2.24, 2.45) is 0 Å². The lowest BCUT2D eigenvalue weighted by atomic mass is 10.1. The molecule has 0 saturated carbocycles. The second kappa shape index (κ2) is 13.3. The van der Waals surface area contributed by atoms with Crippen LogP contribution in [0.2, 0.25) is 0 Å². The standard InChI is InChI=1S/C31H39N5O4/c1-5-6-7-8-9-10-16-33-30(37)23-20-24-29(34-28-21(2)12-11-17-36(28)31(24)38)35(27(23)32)18-15-22-13-14-25(39-3)26(19-22)40-4/h11-14,17,19-20,32H,5-10,15-16,18H2,1-4H3,(H,33,37). The Hall–Kier alpha value is -4.14. The number of unbranched alkanes of at least 4 members (excludes halogenated alkanes) is 5. The van der Waals surface area contributed by atoms with Gasteiger partial charge in [-0.2, -0.15) is 0 Å². The van der Waals surface area contributed by atoms with Gasteiger partial charge in [0, 0.05) is 19.3 Å². The summed E-state index contributed by atoms with van der Waals surface area (Å²) in [5.41, 5.74) is 2.64. The Morgan fingerprint density at radius 1 is 1.00 bits per heavy atom. The van der Waals surface area contributed by atoms with Gasteiger partial charge in [-0.3, -0.25) is 19.4 Å². The van der Waals surface area contributed by atoms with Crippen LogP contribution < -0.4 is 25.8 Å². The second-order valence-corrected chi connectivity index (χ2v) is 10.1. The van der Waals surface area contributed by atoms with Gasteiger partial charge >= 0.3 is 0 Å². The fourth-order valence-electron chi connectivity index (χ4n) is 4.97. The zero-order valence-corrected chi connectivity index (χ0v) is 23.9. The zero-order chi connectivity index (χ0) is 28.6. The molecule has 0 aliphatic carbocycles. The number of fused-ring (bicyclic) bond motifs is 2. The lowest BCUT2D eigenvalue weighted by molar-refractivity contribution is 0.0950. The Morgan fingerprint density at radius 3 is 2.50 bits per heavy atom. The summed E-state index contributed by atoms with van der Waals surface area (Å²) < 4.78 is 14.0. The summed E-state index contributed by atoms with van der Waals surface area (Å²) in [5, 5.41) is 12.3. The van der Waals surface area contributed by atoms with E-state index in [0.717, 1.165) is 30.4 Å². The normalized spacial score (nSPS) is 11.2. The number of methoxy groups -OCH3 is 2. The summed E-state index contributed by atoms with van der Waals surface area (Å²) in [6.45, 7) is 4.96. The Balaban J connectivity index is 1.71. The van der Waals surface area contributed by atoms with E-state index < -0.39 is 0 Å². The highest BCUT2D eigenvalue weighted by molar-refractivity contribution is 5.96. The first kappa shape index (κ1) is 28.9. The van der Waals surface area contributed by atoms with Crippen molar-refractivity contribution in [2.45, 2.75) is 65.3 Å². The van der Waals surface area contributed by atoms with Gasteiger partial charge in [0.2, 0.25) is 0 Å². The quantitative estimate of drug-likeness (QED) is 0.185. The number of rotatable bonds is 13. The topological polar surface area (TPSA) is 111 Å². The average Bonchev–Trinajstić information content (AvgIpc) is 2.96. The number of carbonyl (C=O) groups is 1. The summed E-state index contributed by atoms with van der Waals surface area (Å²) in [4.78, 5) is 31.6. The molecule has 0 radical (unpaired) electrons. The van der Waals surface area contributed by atoms with Gasteiger partial charge < -0.3 is 19.4 Å². The highest BCUT2D eigenvalue weighted by Crippen LogP contribution is 2.28. The number of aromatic nitrogens is 3. The maximum atomic E-state index is 13.6. The largest absolute Gasteiger partial charge is 0.493 e. The molecule has 2 N–H and O–H groups in total. The molecule has 0 bridgehead atoms. The molecule has 3 heterocycles. The highest BCUT2D eigenvalue weighted by atomic mass is 16.5. The number of amides is 1. The number of carbonyl (C=O) groups excluding carboxylic acids is 1. The third kappa shape index (κ3) is 6.19. The lowest BCUT2D eigenvalue weighted by Gasteiger charge is -2.16. The Kier molecular flexibility index (Phi) is 9.58. The van der Waals surface area contributed by atoms with Crippen molar-refractivity contribution in [3.8, 4) is 11.5 Å². The van der Waals surface area contributed by atoms with Gasteiger partial charge in [-0.25, -0.2) is 4.98 Å². The number of nitrogens with one attached hydrogen (secondary N) is 2. The number of nitrogens with zero attached hydrogens (tertiary/aromatic N) is 3. The van der Waals surface area contributed by atoms with Crippen molar-refractivity contribution in [1.82, 2.24) is 19.3 Å². The number of aryl methyl sites for hydroxylation is 3. The van der Waals surface area contributed by atoms with Crippen LogP contribution in [0.25, 0.3) is 16.7 Å². The highest BCUT2D eigenvalue weighted by Gasteiger charge is 2.18. The van der Waals surface area contributed by atoms with Gasteiger partial charge in [0.25, 0.3) is 11.5 Å². The third-order valence-corrected chi connectivity index (χ3v) is 7.27. The van der Waals surface area contributed by atoms with Crippen LogP contribution in [0.3, 0.4) is 0 Å². The molecule has 1 aromatic carbocycles. The molecule has 0 aliphatic rings. The van der Waals surface area contributed by atoms with Crippen molar-refractivity contribution < 1.29 is 14.3 Å². The van der Waals surface area contributed by atoms with Crippen LogP contribution in [0.15, 0.2) is 47.4 Å². The Morgan fingerprint density at radius 2 is 1.75 bits per heavy atom. The van der Waals surface area contributed by atoms with Crippen LogP contribution in [-0.2, 0) is 13.0 Å². The molecular weight excluding hydrogens is 506 g/mol. The number of hydrogen-bond donors (Lipinski definition) is 2. The smallest absolute Gasteiger partial charge is 0.267 e. The summed E-state index contributed by atoms with van der Waals surface area (Å²) in [7, 11) is 3.18. The van der Waals surface area contributed by atoms with Crippen molar-refractivity contribution in [3.63, 3.8) is 0 Å². The summed E-state index contributed by atoms with van der Waals surface area (Å²) in [6.07, 6.45) is 8.91. The third-order valence-electron chi connectivity index (χ3n) is 7.27. The molecule has 0 spiro atoms. The maximum absolute atomic E-state index is 13.6. The van der Waals surface area contributed by atoms with E-state index in [9.17, 15) is 9.59 Å². The summed E-state index contributed by atoms with van der Waals surface area (Å²) >= 11 is 0. The maximum Gasteiger partial charge on any atom is 0.267 e. The van der Waals surface area contributed by atoms with Crippen LogP contribution in [0.5, 0.6) is 11.5 Å². The first-order chi connectivity index (χ1) is 19.4. The first-order valence-electron chi connectivity index (χ1n) is 14.0. The zero-order valence-electron chi connectivity index (χ0n) is 23.9. The number of benzene rings is 1. The van der Waals surface area contributed by atoms with E-state index in [1.165, 1.54) is 29.7 Å². The Labute approximate surface area is 234 Å². The van der Waals surface area contributed by atoms with Crippen molar-refractivity contribution in [3.05, 3.63) is 75.1 Å². The van der Waals surface area contributed by atoms with E-state index in [2.05, 4.69) is 12.2 Å². The van der Waals surface area contributed by atoms with Crippen LogP contribution in [-0.4, -0.2) is 40.6 Å². The molecule has 4 aromatic rings. The van der Waals surface area contributed by atoms with E-state index in [4.69, 9.17) is 19.9 Å². The summed E-state index contributed by atoms with van der Waals surface area (Å²) in [6, 6.07) is 10.9. The van der Waals surface area contributed by atoms with E-state index in [1.807, 2.05) is 31.2 Å². The van der Waals surface area contributed by atoms with Gasteiger partial charge in [-0.1, -0.05) is 51.2 Å². The Bertz CT molecular complexity index is 1620. The molecule has 0 atom stereocenters. The fourth-order valence-corrected chi connectivity index (χ4v) is 4.97. The van der Waals surface area contributed by atoms with Crippen LogP contribution in [0.1, 0.15) is 66.9 Å². The van der Waals surface area contributed by atoms with Gasteiger partial charge in [0.1, 0.15) is 16.8 Å². The van der Waals surface area contributed by atoms with Crippen LogP contribution in [0, 0.1) is 12.3 Å². The van der Waals surface area contributed by atoms with Crippen molar-refractivity contribution >= 4 is 22.6 Å². The molecule has 9 nitrogen and oxygen atoms in total. The van der Waals surface area contributed by atoms with Gasteiger partial charge in [0.05, 0.1) is 25.2 Å². The molecule has 0 unspecified atom stereocenters. The van der Waals surface area contributed by atoms with Gasteiger partial charge in [0.15, 0.2) is 11.5 Å². The summed E-state index contributed by atoms with van der Waals surface area (Å²) in [5.74, 6) is 0.891. The van der Waals surface area contributed by atoms with Crippen LogP contribution >= 0.6 is 0 Å². The van der Waals surface area contributed by atoms with Crippen LogP contribution in [0.4, 0.5) is 0 Å². The molecule has 0 aliphatic heterocycles. The average molecular weight is 546 g/mol. The predicted octanol–water partition coefficient (Wildman–Crippen LogP) is 4.79. The lowest BCUT2D eigenvalue weighted by Crippen LogP contribution is -2.35. The minimum Gasteiger partial charge on any atom is -0.493 e. The predicted molar refractivity (Wildman–Crippen MR) is 157 cm³/mol. The van der Waals surface area contributed by atoms with Crippen molar-refractivity contribution in [2.75, 3.05) is 20.8 Å². The SMILES string of the molecule is CCCCCCCCNC(=O)c1cc2c(=O)n3cccc(C)c3nc2n(CCc2ccc(OC)c(OC)c2)c1=N. The molecule has 0 saturated heterocycles. The van der Waals surface area contributed by atoms with E-state index >= 15 is 0 Å². The van der Waals surface area contributed by atoms with E-state index in [-0.39, 0.29) is 22.5 Å². The minimum atomic E-state index is -0.353. The molecule has 3 aromatic heterocycles. The van der Waals surface area contributed by atoms with Gasteiger partial charge in [-0.05, 0) is 55.2 Å². The minimum absolute atomic E-state index is 0.0262. The molecule has 0 fully saturated rings. The number of hydrogen-bond acceptors (Lipinski definition) is 6. The van der Waals surface area contributed by atoms with Crippen molar-refractivity contribution in [1.29, 1.82) is 5.41 Å². The monoisotopic (exact) mass is 545 g/mol. The second-order valence-electron chi connectivity index (χ2n) is 10.1. The molecule has 4 rings (SSSR count). The molecule has 9 heteroatoms. The first-order valence-corrected chi connectivity index (χ1v) is 14.0.